The molecule has 0 bridgehead atoms. The molecular weight excluding hydrogens is 419 g/mol. The van der Waals surface area contributed by atoms with Crippen molar-refractivity contribution in [2.75, 3.05) is 13.1 Å². The number of carbonyl (C=O) groups is 2. The molecule has 1 N–H and O–H groups in total. The van der Waals surface area contributed by atoms with E-state index in [0.717, 1.165) is 29.5 Å². The number of nitrogens with one attached hydrogen (secondary N) is 1. The molecule has 1 heterocycles. The molecule has 3 rings (SSSR count). The van der Waals surface area contributed by atoms with Crippen LogP contribution in [-0.2, 0) is 16.0 Å². The van der Waals surface area contributed by atoms with Gasteiger partial charge in [0.15, 0.2) is 6.10 Å². The maximum Gasteiger partial charge on any atom is 0.261 e. The molecule has 178 valence electrons. The average molecular weight is 455 g/mol. The van der Waals surface area contributed by atoms with Crippen molar-refractivity contribution in [3.8, 4) is 5.75 Å². The van der Waals surface area contributed by atoms with Gasteiger partial charge in [-0.2, -0.15) is 0 Å². The van der Waals surface area contributed by atoms with Crippen molar-refractivity contribution in [1.29, 1.82) is 0 Å². The van der Waals surface area contributed by atoms with E-state index in [1.54, 1.807) is 12.1 Å². The smallest absolute Gasteiger partial charge is 0.261 e. The lowest BCUT2D eigenvalue weighted by Gasteiger charge is -2.41. The van der Waals surface area contributed by atoms with Crippen LogP contribution in [0.15, 0.2) is 42.5 Å². The number of carbonyl (C=O) groups excluding carboxylic acids is 2. The van der Waals surface area contributed by atoms with E-state index < -0.39 is 11.5 Å². The van der Waals surface area contributed by atoms with E-state index in [4.69, 9.17) is 4.74 Å². The van der Waals surface area contributed by atoms with Crippen LogP contribution in [0.4, 0.5) is 4.39 Å². The van der Waals surface area contributed by atoms with Crippen molar-refractivity contribution in [3.05, 3.63) is 65.0 Å². The zero-order chi connectivity index (χ0) is 24.2. The Kier molecular flexibility index (Phi) is 7.77. The van der Waals surface area contributed by atoms with Crippen molar-refractivity contribution < 1.29 is 18.7 Å². The van der Waals surface area contributed by atoms with Crippen molar-refractivity contribution in [2.24, 2.45) is 5.41 Å². The fourth-order valence-corrected chi connectivity index (χ4v) is 4.17. The lowest BCUT2D eigenvalue weighted by molar-refractivity contribution is -0.141. The molecule has 0 unspecified atom stereocenters. The van der Waals surface area contributed by atoms with Gasteiger partial charge in [-0.05, 0) is 60.2 Å². The number of hydrogen-bond donors (Lipinski definition) is 1. The molecule has 0 radical (unpaired) electrons. The number of halogens is 1. The Labute approximate surface area is 196 Å². The second-order valence-corrected chi connectivity index (χ2v) is 9.62. The van der Waals surface area contributed by atoms with E-state index in [2.05, 4.69) is 5.32 Å². The Morgan fingerprint density at radius 3 is 2.45 bits per heavy atom. The molecule has 2 aromatic rings. The van der Waals surface area contributed by atoms with Gasteiger partial charge in [0.2, 0.25) is 5.91 Å². The minimum absolute atomic E-state index is 0.0409. The lowest BCUT2D eigenvalue weighted by atomic mass is 9.85. The summed E-state index contributed by atoms with van der Waals surface area (Å²) in [5.74, 6) is 0.185. The molecule has 1 aliphatic rings. The zero-order valence-corrected chi connectivity index (χ0v) is 20.3. The van der Waals surface area contributed by atoms with Gasteiger partial charge in [0.25, 0.3) is 5.91 Å². The number of hydrogen-bond acceptors (Lipinski definition) is 3. The number of amides is 2. The largest absolute Gasteiger partial charge is 0.481 e. The highest BCUT2D eigenvalue weighted by Crippen LogP contribution is 2.39. The first kappa shape index (κ1) is 24.7. The van der Waals surface area contributed by atoms with Gasteiger partial charge in [0, 0.05) is 18.5 Å². The first-order valence-electron chi connectivity index (χ1n) is 11.8. The summed E-state index contributed by atoms with van der Waals surface area (Å²) in [6.45, 7) is 10.8. The van der Waals surface area contributed by atoms with Crippen LogP contribution >= 0.6 is 0 Å². The molecule has 2 amide bonds. The Balaban J connectivity index is 2.00. The number of fused-ring (bicyclic) bond motifs is 1. The summed E-state index contributed by atoms with van der Waals surface area (Å²) in [7, 11) is 0. The first-order valence-corrected chi connectivity index (χ1v) is 11.8. The monoisotopic (exact) mass is 454 g/mol. The maximum absolute atomic E-state index is 13.7. The van der Waals surface area contributed by atoms with Gasteiger partial charge in [-0.15, -0.1) is 0 Å². The van der Waals surface area contributed by atoms with E-state index in [9.17, 15) is 14.0 Å². The molecule has 6 heteroatoms. The summed E-state index contributed by atoms with van der Waals surface area (Å²) >= 11 is 0. The van der Waals surface area contributed by atoms with E-state index >= 15 is 0 Å². The molecule has 0 aliphatic carbocycles. The first-order chi connectivity index (χ1) is 15.7. The van der Waals surface area contributed by atoms with Crippen LogP contribution < -0.4 is 10.1 Å². The van der Waals surface area contributed by atoms with Gasteiger partial charge in [-0.3, -0.25) is 9.59 Å². The predicted molar refractivity (Wildman–Crippen MR) is 128 cm³/mol. The van der Waals surface area contributed by atoms with Crippen LogP contribution in [0, 0.1) is 11.2 Å². The van der Waals surface area contributed by atoms with Gasteiger partial charge >= 0.3 is 0 Å². The molecule has 0 saturated carbocycles. The van der Waals surface area contributed by atoms with Crippen molar-refractivity contribution in [1.82, 2.24) is 10.2 Å². The third kappa shape index (κ3) is 5.73. The molecule has 2 atom stereocenters. The van der Waals surface area contributed by atoms with E-state index in [0.29, 0.717) is 25.3 Å². The maximum atomic E-state index is 13.7. The molecule has 5 nitrogen and oxygen atoms in total. The standard InChI is InChI=1S/C27H35FN2O3/c1-6-15-29-25(31)23(7-2)33-21-13-10-18-14-16-30(26(32)27(3,4)5)24(22(18)17-21)19-8-11-20(28)12-9-19/h8-13,17,23-24H,6-7,14-16H2,1-5H3,(H,29,31)/t23-,24+/m0/s1. The van der Waals surface area contributed by atoms with Crippen LogP contribution in [0.2, 0.25) is 0 Å². The topological polar surface area (TPSA) is 58.6 Å². The van der Waals surface area contributed by atoms with Crippen LogP contribution in [-0.4, -0.2) is 35.9 Å². The highest BCUT2D eigenvalue weighted by Gasteiger charge is 2.37. The summed E-state index contributed by atoms with van der Waals surface area (Å²) in [4.78, 5) is 27.7. The Hall–Kier alpha value is -2.89. The fraction of sp³-hybridized carbons (Fsp3) is 0.481. The summed E-state index contributed by atoms with van der Waals surface area (Å²) in [5.41, 5.74) is 2.37. The predicted octanol–water partition coefficient (Wildman–Crippen LogP) is 5.03. The summed E-state index contributed by atoms with van der Waals surface area (Å²) in [6.07, 6.45) is 1.54. The summed E-state index contributed by atoms with van der Waals surface area (Å²) in [5, 5.41) is 2.89. The summed E-state index contributed by atoms with van der Waals surface area (Å²) < 4.78 is 19.7. The number of ether oxygens (including phenoxy) is 1. The third-order valence-corrected chi connectivity index (χ3v) is 5.92. The highest BCUT2D eigenvalue weighted by molar-refractivity contribution is 5.83. The van der Waals surface area contributed by atoms with Gasteiger partial charge < -0.3 is 15.0 Å². The minimum Gasteiger partial charge on any atom is -0.481 e. The van der Waals surface area contributed by atoms with Gasteiger partial charge in [-0.25, -0.2) is 4.39 Å². The minimum atomic E-state index is -0.588. The van der Waals surface area contributed by atoms with Crippen LogP contribution in [0.5, 0.6) is 5.75 Å². The molecular formula is C27H35FN2O3. The molecule has 0 fully saturated rings. The number of benzene rings is 2. The van der Waals surface area contributed by atoms with Crippen molar-refractivity contribution in [3.63, 3.8) is 0 Å². The Morgan fingerprint density at radius 2 is 1.85 bits per heavy atom. The molecule has 0 aromatic heterocycles. The summed E-state index contributed by atoms with van der Waals surface area (Å²) in [6, 6.07) is 11.8. The second kappa shape index (κ2) is 10.4. The molecule has 2 aromatic carbocycles. The van der Waals surface area contributed by atoms with Crippen LogP contribution in [0.1, 0.15) is 70.2 Å². The van der Waals surface area contributed by atoms with E-state index in [1.165, 1.54) is 12.1 Å². The van der Waals surface area contributed by atoms with Crippen molar-refractivity contribution in [2.45, 2.75) is 66.0 Å². The Morgan fingerprint density at radius 1 is 1.15 bits per heavy atom. The quantitative estimate of drug-likeness (QED) is 0.638. The lowest BCUT2D eigenvalue weighted by Crippen LogP contribution is -2.45. The van der Waals surface area contributed by atoms with Gasteiger partial charge in [0.1, 0.15) is 11.6 Å². The van der Waals surface area contributed by atoms with E-state index in [-0.39, 0.29) is 23.7 Å². The van der Waals surface area contributed by atoms with Crippen LogP contribution in [0.3, 0.4) is 0 Å². The normalized spacial score (nSPS) is 16.7. The highest BCUT2D eigenvalue weighted by atomic mass is 19.1. The molecule has 33 heavy (non-hydrogen) atoms. The zero-order valence-electron chi connectivity index (χ0n) is 20.3. The van der Waals surface area contributed by atoms with Crippen molar-refractivity contribution >= 4 is 11.8 Å². The van der Waals surface area contributed by atoms with E-state index in [1.807, 2.05) is 57.7 Å². The fourth-order valence-electron chi connectivity index (χ4n) is 4.17. The average Bonchev–Trinajstić information content (AvgIpc) is 2.79. The molecule has 1 aliphatic heterocycles. The number of rotatable bonds is 7. The second-order valence-electron chi connectivity index (χ2n) is 9.62. The Bertz CT molecular complexity index is 982. The number of nitrogens with zero attached hydrogens (tertiary/aromatic N) is 1. The van der Waals surface area contributed by atoms with Crippen LogP contribution in [0.25, 0.3) is 0 Å². The van der Waals surface area contributed by atoms with Gasteiger partial charge in [-0.1, -0.05) is 52.8 Å². The SMILES string of the molecule is CCCNC(=O)[C@H](CC)Oc1ccc2c(c1)[C@@H](c1ccc(F)cc1)N(C(=O)C(C)(C)C)CC2. The molecule has 0 saturated heterocycles. The van der Waals surface area contributed by atoms with Gasteiger partial charge in [0.05, 0.1) is 6.04 Å². The third-order valence-electron chi connectivity index (χ3n) is 5.92. The molecule has 0 spiro atoms.